The van der Waals surface area contributed by atoms with Crippen molar-refractivity contribution in [2.45, 2.75) is 73.3 Å². The predicted molar refractivity (Wildman–Crippen MR) is 152 cm³/mol. The zero-order chi connectivity index (χ0) is 25.1. The van der Waals surface area contributed by atoms with Gasteiger partial charge in [-0.3, -0.25) is 0 Å². The van der Waals surface area contributed by atoms with Crippen molar-refractivity contribution in [1.29, 1.82) is 0 Å². The highest BCUT2D eigenvalue weighted by Crippen LogP contribution is 2.32. The summed E-state index contributed by atoms with van der Waals surface area (Å²) in [5, 5.41) is 3.55. The van der Waals surface area contributed by atoms with Crippen molar-refractivity contribution in [1.82, 2.24) is 5.32 Å². The molecule has 0 aromatic heterocycles. The molecule has 0 spiro atoms. The highest BCUT2D eigenvalue weighted by Gasteiger charge is 2.13. The summed E-state index contributed by atoms with van der Waals surface area (Å²) in [6.45, 7) is 21.2. The third kappa shape index (κ3) is 7.48. The molecule has 0 saturated heterocycles. The summed E-state index contributed by atoms with van der Waals surface area (Å²) >= 11 is 0. The third-order valence-electron chi connectivity index (χ3n) is 6.29. The van der Waals surface area contributed by atoms with E-state index < -0.39 is 0 Å². The summed E-state index contributed by atoms with van der Waals surface area (Å²) in [5.74, 6) is 0. The second-order valence-corrected chi connectivity index (χ2v) is 9.15. The second kappa shape index (κ2) is 13.6. The van der Waals surface area contributed by atoms with Gasteiger partial charge in [0.2, 0.25) is 0 Å². The minimum Gasteiger partial charge on any atom is -0.379 e. The monoisotopic (exact) mass is 453 g/mol. The van der Waals surface area contributed by atoms with Crippen LogP contribution in [0.5, 0.6) is 0 Å². The minimum atomic E-state index is 0.147. The first-order valence-corrected chi connectivity index (χ1v) is 12.7. The van der Waals surface area contributed by atoms with Crippen LogP contribution in [-0.2, 0) is 0 Å². The Balaban J connectivity index is 2.36. The maximum atomic E-state index is 4.25. The smallest absolute Gasteiger partial charge is 0.0485 e. The molecule has 1 atom stereocenters. The lowest BCUT2D eigenvalue weighted by Gasteiger charge is -2.20. The number of aryl methyl sites for hydroxylation is 1. The van der Waals surface area contributed by atoms with E-state index >= 15 is 0 Å². The van der Waals surface area contributed by atoms with Crippen LogP contribution in [-0.4, -0.2) is 0 Å². The Morgan fingerprint density at radius 3 is 1.94 bits per heavy atom. The lowest BCUT2D eigenvalue weighted by molar-refractivity contribution is 0.663. The zero-order valence-corrected chi connectivity index (χ0v) is 22.2. The Hall–Kier alpha value is -3.06. The number of hydrogen-bond donors (Lipinski definition) is 1. The number of benzene rings is 2. The van der Waals surface area contributed by atoms with Crippen molar-refractivity contribution in [2.24, 2.45) is 0 Å². The summed E-state index contributed by atoms with van der Waals surface area (Å²) < 4.78 is 0. The molecule has 0 radical (unpaired) electrons. The SMILES string of the molecule is C=C/C(=C\C(C)=C/C)C(=C)NC(C)c1ccc(C(=C(CCC)CCC)c2ccc(C)cc2)cc1. The third-order valence-corrected chi connectivity index (χ3v) is 6.29. The molecule has 0 heterocycles. The van der Waals surface area contributed by atoms with Gasteiger partial charge < -0.3 is 5.32 Å². The Labute approximate surface area is 208 Å². The molecule has 0 aliphatic rings. The summed E-state index contributed by atoms with van der Waals surface area (Å²) in [6, 6.07) is 18.2. The molecule has 1 nitrogen and oxygen atoms in total. The molecule has 0 saturated carbocycles. The van der Waals surface area contributed by atoms with Gasteiger partial charge in [0.05, 0.1) is 0 Å². The largest absolute Gasteiger partial charge is 0.379 e. The lowest BCUT2D eigenvalue weighted by atomic mass is 9.88. The number of hydrogen-bond acceptors (Lipinski definition) is 1. The Morgan fingerprint density at radius 2 is 1.47 bits per heavy atom. The zero-order valence-electron chi connectivity index (χ0n) is 22.2. The van der Waals surface area contributed by atoms with Crippen molar-refractivity contribution in [3.05, 3.63) is 125 Å². The van der Waals surface area contributed by atoms with Crippen LogP contribution < -0.4 is 5.32 Å². The van der Waals surface area contributed by atoms with E-state index in [0.717, 1.165) is 37.0 Å². The van der Waals surface area contributed by atoms with Crippen LogP contribution in [0.4, 0.5) is 0 Å². The van der Waals surface area contributed by atoms with Gasteiger partial charge in [-0.05, 0) is 68.4 Å². The summed E-state index contributed by atoms with van der Waals surface area (Å²) in [6.07, 6.45) is 10.7. The van der Waals surface area contributed by atoms with E-state index in [1.165, 1.54) is 33.4 Å². The van der Waals surface area contributed by atoms with Crippen LogP contribution in [0.25, 0.3) is 5.57 Å². The first kappa shape index (κ1) is 27.2. The van der Waals surface area contributed by atoms with Crippen LogP contribution in [0.1, 0.15) is 88.6 Å². The van der Waals surface area contributed by atoms with E-state index in [1.807, 2.05) is 13.0 Å². The molecule has 0 fully saturated rings. The molecular formula is C33H43N. The van der Waals surface area contributed by atoms with Crippen LogP contribution in [0.15, 0.2) is 102 Å². The molecule has 1 heteroatoms. The highest BCUT2D eigenvalue weighted by atomic mass is 14.9. The molecule has 2 aromatic rings. The summed E-state index contributed by atoms with van der Waals surface area (Å²) in [4.78, 5) is 0. The summed E-state index contributed by atoms with van der Waals surface area (Å²) in [7, 11) is 0. The van der Waals surface area contributed by atoms with E-state index in [0.29, 0.717) is 0 Å². The number of allylic oxidation sites excluding steroid dienone is 5. The van der Waals surface area contributed by atoms with Crippen LogP contribution >= 0.6 is 0 Å². The fraction of sp³-hybridized carbons (Fsp3) is 0.333. The van der Waals surface area contributed by atoms with Crippen LogP contribution in [0.3, 0.4) is 0 Å². The number of rotatable bonds is 12. The van der Waals surface area contributed by atoms with E-state index in [-0.39, 0.29) is 6.04 Å². The molecule has 2 rings (SSSR count). The van der Waals surface area contributed by atoms with Crippen molar-refractivity contribution < 1.29 is 0 Å². The van der Waals surface area contributed by atoms with Crippen LogP contribution in [0, 0.1) is 6.92 Å². The Morgan fingerprint density at radius 1 is 0.941 bits per heavy atom. The van der Waals surface area contributed by atoms with Gasteiger partial charge in [-0.25, -0.2) is 0 Å². The average molecular weight is 454 g/mol. The molecule has 0 aliphatic heterocycles. The first-order chi connectivity index (χ1) is 16.3. The normalized spacial score (nSPS) is 12.8. The highest BCUT2D eigenvalue weighted by molar-refractivity contribution is 5.82. The molecule has 0 bridgehead atoms. The Bertz CT molecular complexity index is 1030. The maximum Gasteiger partial charge on any atom is 0.0485 e. The van der Waals surface area contributed by atoms with E-state index in [4.69, 9.17) is 0 Å². The van der Waals surface area contributed by atoms with Gasteiger partial charge in [0.15, 0.2) is 0 Å². The Kier molecular flexibility index (Phi) is 10.9. The molecule has 34 heavy (non-hydrogen) atoms. The molecule has 1 N–H and O–H groups in total. The van der Waals surface area contributed by atoms with Crippen molar-refractivity contribution >= 4 is 5.57 Å². The van der Waals surface area contributed by atoms with E-state index in [2.05, 4.69) is 114 Å². The van der Waals surface area contributed by atoms with Crippen molar-refractivity contribution in [2.75, 3.05) is 0 Å². The second-order valence-electron chi connectivity index (χ2n) is 9.15. The topological polar surface area (TPSA) is 12.0 Å². The lowest BCUT2D eigenvalue weighted by Crippen LogP contribution is -2.18. The fourth-order valence-electron chi connectivity index (χ4n) is 4.24. The average Bonchev–Trinajstić information content (AvgIpc) is 2.84. The molecule has 0 amide bonds. The van der Waals surface area contributed by atoms with Gasteiger partial charge in [0.1, 0.15) is 0 Å². The van der Waals surface area contributed by atoms with Gasteiger partial charge in [-0.15, -0.1) is 0 Å². The van der Waals surface area contributed by atoms with Gasteiger partial charge in [0.25, 0.3) is 0 Å². The van der Waals surface area contributed by atoms with Gasteiger partial charge in [-0.2, -0.15) is 0 Å². The number of nitrogens with one attached hydrogen (secondary N) is 1. The predicted octanol–water partition coefficient (Wildman–Crippen LogP) is 9.64. The summed E-state index contributed by atoms with van der Waals surface area (Å²) in [5.41, 5.74) is 11.2. The van der Waals surface area contributed by atoms with Crippen molar-refractivity contribution in [3.63, 3.8) is 0 Å². The fourth-order valence-corrected chi connectivity index (χ4v) is 4.24. The standard InChI is InChI=1S/C33H43N/c1-9-13-30(14-10-2)33(31-17-15-25(6)16-18-31)32-21-19-29(20-22-32)27(8)34-26(7)28(12-4)23-24(5)11-3/h11-12,15-23,27,34H,4,7,9-10,13-14H2,1-3,5-6,8H3/b24-11-,28-23+. The molecule has 2 aromatic carbocycles. The van der Waals surface area contributed by atoms with E-state index in [9.17, 15) is 0 Å². The molecular weight excluding hydrogens is 410 g/mol. The minimum absolute atomic E-state index is 0.147. The quantitative estimate of drug-likeness (QED) is 0.315. The molecule has 0 aliphatic carbocycles. The van der Waals surface area contributed by atoms with Gasteiger partial charge in [-0.1, -0.05) is 123 Å². The maximum absolute atomic E-state index is 4.25. The first-order valence-electron chi connectivity index (χ1n) is 12.7. The molecule has 180 valence electrons. The van der Waals surface area contributed by atoms with Gasteiger partial charge >= 0.3 is 0 Å². The van der Waals surface area contributed by atoms with E-state index in [1.54, 1.807) is 5.57 Å². The van der Waals surface area contributed by atoms with Crippen LogP contribution in [0.2, 0.25) is 0 Å². The molecule has 1 unspecified atom stereocenters. The van der Waals surface area contributed by atoms with Gasteiger partial charge in [0, 0.05) is 11.7 Å². The van der Waals surface area contributed by atoms with Crippen molar-refractivity contribution in [3.8, 4) is 0 Å².